The Kier molecular flexibility index (Phi) is 4.20. The van der Waals surface area contributed by atoms with Crippen molar-refractivity contribution >= 4 is 11.9 Å². The molecule has 2 rings (SSSR count). The van der Waals surface area contributed by atoms with Crippen molar-refractivity contribution in [3.05, 3.63) is 47.8 Å². The molecule has 0 N–H and O–H groups in total. The fourth-order valence-corrected chi connectivity index (χ4v) is 1.79. The average Bonchev–Trinajstić information content (AvgIpc) is 2.89. The molecular weight excluding hydrogens is 256 g/mol. The highest BCUT2D eigenvalue weighted by molar-refractivity contribution is 6.07. The summed E-state index contributed by atoms with van der Waals surface area (Å²) in [6.45, 7) is 0. The summed E-state index contributed by atoms with van der Waals surface area (Å²) >= 11 is 0. The number of carbonyl (C=O) groups is 1. The third-order valence-corrected chi connectivity index (χ3v) is 2.93. The van der Waals surface area contributed by atoms with Gasteiger partial charge in [0.1, 0.15) is 0 Å². The lowest BCUT2D eigenvalue weighted by atomic mass is 10.1. The van der Waals surface area contributed by atoms with E-state index in [1.54, 1.807) is 42.3 Å². The number of aryl methyl sites for hydroxylation is 1. The van der Waals surface area contributed by atoms with Crippen LogP contribution in [0.25, 0.3) is 6.08 Å². The zero-order valence-corrected chi connectivity index (χ0v) is 11.7. The monoisotopic (exact) mass is 272 g/mol. The normalized spacial score (nSPS) is 10.8. The van der Waals surface area contributed by atoms with Gasteiger partial charge in [0, 0.05) is 18.8 Å². The van der Waals surface area contributed by atoms with Gasteiger partial charge in [0.2, 0.25) is 0 Å². The van der Waals surface area contributed by atoms with E-state index in [1.165, 1.54) is 13.2 Å². The van der Waals surface area contributed by atoms with E-state index < -0.39 is 0 Å². The van der Waals surface area contributed by atoms with Gasteiger partial charge >= 0.3 is 0 Å². The molecule has 0 radical (unpaired) electrons. The van der Waals surface area contributed by atoms with Crippen LogP contribution < -0.4 is 9.47 Å². The number of allylic oxidation sites excluding steroid dienone is 1. The van der Waals surface area contributed by atoms with Crippen molar-refractivity contribution < 1.29 is 14.3 Å². The zero-order valence-electron chi connectivity index (χ0n) is 11.7. The van der Waals surface area contributed by atoms with Gasteiger partial charge in [-0.1, -0.05) is 0 Å². The van der Waals surface area contributed by atoms with Crippen LogP contribution in [0.2, 0.25) is 0 Å². The van der Waals surface area contributed by atoms with Crippen molar-refractivity contribution in [1.82, 2.24) is 9.78 Å². The number of hydrogen-bond acceptors (Lipinski definition) is 4. The van der Waals surface area contributed by atoms with Crippen LogP contribution in [0, 0.1) is 0 Å². The van der Waals surface area contributed by atoms with E-state index in [-0.39, 0.29) is 5.78 Å². The number of ketones is 1. The lowest BCUT2D eigenvalue weighted by molar-refractivity contribution is 0.104. The Bertz CT molecular complexity index is 644. The van der Waals surface area contributed by atoms with Crippen LogP contribution in [0.4, 0.5) is 0 Å². The van der Waals surface area contributed by atoms with E-state index in [0.29, 0.717) is 17.1 Å². The summed E-state index contributed by atoms with van der Waals surface area (Å²) in [4.78, 5) is 12.1. The lowest BCUT2D eigenvalue weighted by Crippen LogP contribution is -1.98. The minimum absolute atomic E-state index is 0.104. The second-order valence-corrected chi connectivity index (χ2v) is 4.15. The molecular formula is C15H16N2O3. The molecule has 0 saturated carbocycles. The van der Waals surface area contributed by atoms with Crippen LogP contribution in [0.1, 0.15) is 16.1 Å². The number of ether oxygens (including phenoxy) is 2. The standard InChI is InChI=1S/C15H16N2O3/c1-17-12(8-9-16-17)5-6-13(18)11-4-7-14(19-2)15(10-11)20-3/h4-10H,1-3H3. The van der Waals surface area contributed by atoms with Gasteiger partial charge in [0.05, 0.1) is 19.9 Å². The summed E-state index contributed by atoms with van der Waals surface area (Å²) in [5, 5.41) is 4.03. The Morgan fingerprint density at radius 2 is 1.95 bits per heavy atom. The predicted molar refractivity (Wildman–Crippen MR) is 76.1 cm³/mol. The van der Waals surface area contributed by atoms with E-state index in [2.05, 4.69) is 5.10 Å². The van der Waals surface area contributed by atoms with Crippen LogP contribution >= 0.6 is 0 Å². The molecule has 1 heterocycles. The van der Waals surface area contributed by atoms with Gasteiger partial charge in [0.25, 0.3) is 0 Å². The van der Waals surface area contributed by atoms with E-state index >= 15 is 0 Å². The molecule has 104 valence electrons. The van der Waals surface area contributed by atoms with E-state index in [4.69, 9.17) is 9.47 Å². The molecule has 0 saturated heterocycles. The highest BCUT2D eigenvalue weighted by Crippen LogP contribution is 2.27. The Morgan fingerprint density at radius 1 is 1.20 bits per heavy atom. The number of methoxy groups -OCH3 is 2. The first-order valence-electron chi connectivity index (χ1n) is 6.08. The predicted octanol–water partition coefficient (Wildman–Crippen LogP) is 2.33. The van der Waals surface area contributed by atoms with Gasteiger partial charge in [-0.15, -0.1) is 0 Å². The van der Waals surface area contributed by atoms with Crippen LogP contribution in [-0.4, -0.2) is 29.8 Å². The summed E-state index contributed by atoms with van der Waals surface area (Å²) in [7, 11) is 4.92. The highest BCUT2D eigenvalue weighted by Gasteiger charge is 2.08. The van der Waals surface area contributed by atoms with Crippen LogP contribution in [-0.2, 0) is 7.05 Å². The van der Waals surface area contributed by atoms with Crippen LogP contribution in [0.3, 0.4) is 0 Å². The molecule has 0 unspecified atom stereocenters. The van der Waals surface area contributed by atoms with E-state index in [9.17, 15) is 4.79 Å². The maximum Gasteiger partial charge on any atom is 0.186 e. The Balaban J connectivity index is 2.21. The molecule has 0 fully saturated rings. The van der Waals surface area contributed by atoms with Crippen molar-refractivity contribution in [2.75, 3.05) is 14.2 Å². The van der Waals surface area contributed by atoms with Crippen LogP contribution in [0.15, 0.2) is 36.5 Å². The van der Waals surface area contributed by atoms with Crippen molar-refractivity contribution in [1.29, 1.82) is 0 Å². The summed E-state index contributed by atoms with van der Waals surface area (Å²) in [5.41, 5.74) is 1.40. The smallest absolute Gasteiger partial charge is 0.186 e. The highest BCUT2D eigenvalue weighted by atomic mass is 16.5. The minimum Gasteiger partial charge on any atom is -0.493 e. The largest absolute Gasteiger partial charge is 0.493 e. The first-order chi connectivity index (χ1) is 9.65. The van der Waals surface area contributed by atoms with Gasteiger partial charge in [-0.3, -0.25) is 9.48 Å². The van der Waals surface area contributed by atoms with Gasteiger partial charge in [-0.05, 0) is 36.4 Å². The topological polar surface area (TPSA) is 53.3 Å². The maximum absolute atomic E-state index is 12.1. The molecule has 5 heteroatoms. The number of nitrogens with zero attached hydrogens (tertiary/aromatic N) is 2. The lowest BCUT2D eigenvalue weighted by Gasteiger charge is -2.07. The molecule has 2 aromatic rings. The molecule has 0 spiro atoms. The quantitative estimate of drug-likeness (QED) is 0.619. The summed E-state index contributed by atoms with van der Waals surface area (Å²) in [6, 6.07) is 6.91. The van der Waals surface area contributed by atoms with Crippen molar-refractivity contribution in [2.24, 2.45) is 7.05 Å². The maximum atomic E-state index is 12.1. The average molecular weight is 272 g/mol. The zero-order chi connectivity index (χ0) is 14.5. The van der Waals surface area contributed by atoms with Crippen molar-refractivity contribution in [3.63, 3.8) is 0 Å². The molecule has 0 atom stereocenters. The summed E-state index contributed by atoms with van der Waals surface area (Å²) in [6.07, 6.45) is 4.92. The van der Waals surface area contributed by atoms with Crippen molar-refractivity contribution in [3.8, 4) is 11.5 Å². The Labute approximate surface area is 117 Å². The molecule has 1 aromatic carbocycles. The molecule has 1 aromatic heterocycles. The molecule has 0 aliphatic rings. The number of benzene rings is 1. The number of carbonyl (C=O) groups excluding carboxylic acids is 1. The van der Waals surface area contributed by atoms with Crippen LogP contribution in [0.5, 0.6) is 11.5 Å². The first-order valence-corrected chi connectivity index (χ1v) is 6.08. The molecule has 0 bridgehead atoms. The molecule has 0 amide bonds. The third-order valence-electron chi connectivity index (χ3n) is 2.93. The molecule has 5 nitrogen and oxygen atoms in total. The molecule has 0 aliphatic heterocycles. The third kappa shape index (κ3) is 2.88. The SMILES string of the molecule is COc1ccc(C(=O)C=Cc2ccnn2C)cc1OC. The van der Waals surface area contributed by atoms with Gasteiger partial charge in [-0.25, -0.2) is 0 Å². The summed E-state index contributed by atoms with van der Waals surface area (Å²) < 4.78 is 12.0. The Morgan fingerprint density at radius 3 is 2.55 bits per heavy atom. The second-order valence-electron chi connectivity index (χ2n) is 4.15. The van der Waals surface area contributed by atoms with Gasteiger partial charge in [-0.2, -0.15) is 5.10 Å². The second kappa shape index (κ2) is 6.06. The van der Waals surface area contributed by atoms with Gasteiger partial charge < -0.3 is 9.47 Å². The number of aromatic nitrogens is 2. The number of hydrogen-bond donors (Lipinski definition) is 0. The van der Waals surface area contributed by atoms with Crippen molar-refractivity contribution in [2.45, 2.75) is 0 Å². The van der Waals surface area contributed by atoms with E-state index in [1.807, 2.05) is 13.1 Å². The first kappa shape index (κ1) is 13.9. The minimum atomic E-state index is -0.104. The Hall–Kier alpha value is -2.56. The molecule has 0 aliphatic carbocycles. The van der Waals surface area contributed by atoms with Gasteiger partial charge in [0.15, 0.2) is 17.3 Å². The fraction of sp³-hybridized carbons (Fsp3) is 0.200. The molecule has 20 heavy (non-hydrogen) atoms. The summed E-state index contributed by atoms with van der Waals surface area (Å²) in [5.74, 6) is 1.03. The number of rotatable bonds is 5. The fourth-order valence-electron chi connectivity index (χ4n) is 1.79. The van der Waals surface area contributed by atoms with E-state index in [0.717, 1.165) is 5.69 Å².